The number of hydrogen-bond donors (Lipinski definition) is 4. The Morgan fingerprint density at radius 3 is 1.78 bits per heavy atom. The molecule has 0 aliphatic carbocycles. The number of carboxylic acids is 2. The van der Waals surface area contributed by atoms with Gasteiger partial charge in [-0.3, -0.25) is 9.59 Å². The maximum atomic E-state index is 10.1. The Labute approximate surface area is 112 Å². The molecule has 2 atom stereocenters. The lowest BCUT2D eigenvalue weighted by Gasteiger charge is -2.07. The van der Waals surface area contributed by atoms with E-state index in [2.05, 4.69) is 0 Å². The monoisotopic (exact) mass is 280 g/mol. The summed E-state index contributed by atoms with van der Waals surface area (Å²) in [5.41, 5.74) is 10.4. The van der Waals surface area contributed by atoms with Gasteiger partial charge in [0.15, 0.2) is 0 Å². The average Bonchev–Trinajstić information content (AvgIpc) is 2.25. The standard InChI is InChI=1S/C6H13NO2.C5H11NO2S/c1-4(2)3-5(7)6(8)9;1-9-3-2-4(6)5(7)8/h4-5H,3,7H2,1-2H3,(H,8,9);4H,2-3,6H2,1H3,(H,7,8). The number of nitrogens with two attached hydrogens (primary N) is 2. The van der Waals surface area contributed by atoms with Gasteiger partial charge in [-0.15, -0.1) is 0 Å². The Kier molecular flexibility index (Phi) is 12.3. The van der Waals surface area contributed by atoms with Crippen LogP contribution in [0.4, 0.5) is 0 Å². The molecule has 0 fully saturated rings. The van der Waals surface area contributed by atoms with Crippen LogP contribution in [0, 0.1) is 5.92 Å². The highest BCUT2D eigenvalue weighted by atomic mass is 32.2. The van der Waals surface area contributed by atoms with Gasteiger partial charge in [0, 0.05) is 0 Å². The van der Waals surface area contributed by atoms with Gasteiger partial charge in [0.2, 0.25) is 0 Å². The quantitative estimate of drug-likeness (QED) is 0.537. The van der Waals surface area contributed by atoms with Gasteiger partial charge in [-0.1, -0.05) is 13.8 Å². The van der Waals surface area contributed by atoms with E-state index in [1.807, 2.05) is 20.1 Å². The highest BCUT2D eigenvalue weighted by molar-refractivity contribution is 7.98. The summed E-state index contributed by atoms with van der Waals surface area (Å²) in [6, 6.07) is -1.37. The lowest BCUT2D eigenvalue weighted by atomic mass is 10.1. The molecule has 0 rings (SSSR count). The van der Waals surface area contributed by atoms with Crippen molar-refractivity contribution >= 4 is 23.7 Å². The molecule has 2 unspecified atom stereocenters. The van der Waals surface area contributed by atoms with E-state index in [1.54, 1.807) is 11.8 Å². The SMILES string of the molecule is CC(C)CC(N)C(=O)O.CSCCC(N)C(=O)O. The zero-order chi connectivity index (χ0) is 14.7. The fourth-order valence-electron chi connectivity index (χ4n) is 0.977. The van der Waals surface area contributed by atoms with Crippen molar-refractivity contribution in [1.82, 2.24) is 0 Å². The van der Waals surface area contributed by atoms with Gasteiger partial charge in [-0.25, -0.2) is 0 Å². The van der Waals surface area contributed by atoms with Crippen LogP contribution in [0.1, 0.15) is 26.7 Å². The third-order valence-corrected chi connectivity index (χ3v) is 2.64. The van der Waals surface area contributed by atoms with Crippen LogP contribution in [0.3, 0.4) is 0 Å². The zero-order valence-corrected chi connectivity index (χ0v) is 11.9. The molecule has 0 aliphatic heterocycles. The van der Waals surface area contributed by atoms with Crippen molar-refractivity contribution in [1.29, 1.82) is 0 Å². The second-order valence-electron chi connectivity index (χ2n) is 4.30. The molecule has 0 aromatic rings. The maximum Gasteiger partial charge on any atom is 0.320 e. The summed E-state index contributed by atoms with van der Waals surface area (Å²) < 4.78 is 0. The molecule has 0 aliphatic rings. The number of carboxylic acid groups (broad SMARTS) is 2. The van der Waals surface area contributed by atoms with E-state index >= 15 is 0 Å². The maximum absolute atomic E-state index is 10.1. The van der Waals surface area contributed by atoms with Crippen molar-refractivity contribution in [2.75, 3.05) is 12.0 Å². The van der Waals surface area contributed by atoms with Crippen molar-refractivity contribution in [2.24, 2.45) is 17.4 Å². The second kappa shape index (κ2) is 11.3. The number of carbonyl (C=O) groups is 2. The molecule has 0 aromatic heterocycles. The zero-order valence-electron chi connectivity index (χ0n) is 11.1. The number of aliphatic carboxylic acids is 2. The lowest BCUT2D eigenvalue weighted by Crippen LogP contribution is -2.31. The molecule has 0 aromatic carbocycles. The minimum atomic E-state index is -0.913. The molecule has 0 heterocycles. The molecular weight excluding hydrogens is 256 g/mol. The lowest BCUT2D eigenvalue weighted by molar-refractivity contribution is -0.139. The Balaban J connectivity index is 0. The summed E-state index contributed by atoms with van der Waals surface area (Å²) in [6.07, 6.45) is 3.03. The van der Waals surface area contributed by atoms with Gasteiger partial charge in [-0.05, 0) is 30.8 Å². The van der Waals surface area contributed by atoms with E-state index in [0.29, 0.717) is 18.8 Å². The highest BCUT2D eigenvalue weighted by Crippen LogP contribution is 2.01. The first-order valence-corrected chi connectivity index (χ1v) is 7.07. The second-order valence-corrected chi connectivity index (χ2v) is 5.29. The molecule has 18 heavy (non-hydrogen) atoms. The predicted octanol–water partition coefficient (Wildman–Crippen LogP) is 0.596. The molecule has 6 N–H and O–H groups in total. The molecule has 108 valence electrons. The number of rotatable bonds is 7. The molecule has 0 bridgehead atoms. The van der Waals surface area contributed by atoms with E-state index in [-0.39, 0.29) is 0 Å². The summed E-state index contributed by atoms with van der Waals surface area (Å²) in [7, 11) is 0. The normalized spacial score (nSPS) is 13.4. The van der Waals surface area contributed by atoms with Crippen molar-refractivity contribution in [3.05, 3.63) is 0 Å². The van der Waals surface area contributed by atoms with E-state index in [4.69, 9.17) is 21.7 Å². The molecule has 6 nitrogen and oxygen atoms in total. The van der Waals surface area contributed by atoms with Crippen LogP contribution < -0.4 is 11.5 Å². The van der Waals surface area contributed by atoms with Gasteiger partial charge < -0.3 is 21.7 Å². The fraction of sp³-hybridized carbons (Fsp3) is 0.818. The molecule has 0 spiro atoms. The van der Waals surface area contributed by atoms with E-state index < -0.39 is 24.0 Å². The minimum Gasteiger partial charge on any atom is -0.480 e. The molecule has 0 saturated carbocycles. The average molecular weight is 280 g/mol. The third-order valence-electron chi connectivity index (χ3n) is 1.99. The van der Waals surface area contributed by atoms with Crippen LogP contribution >= 0.6 is 11.8 Å². The van der Waals surface area contributed by atoms with Crippen LogP contribution in [0.2, 0.25) is 0 Å². The first kappa shape index (κ1) is 19.5. The topological polar surface area (TPSA) is 127 Å². The third kappa shape index (κ3) is 13.3. The van der Waals surface area contributed by atoms with Gasteiger partial charge >= 0.3 is 11.9 Å². The summed E-state index contributed by atoms with van der Waals surface area (Å²) >= 11 is 1.60. The van der Waals surface area contributed by atoms with Crippen LogP contribution in [-0.4, -0.2) is 46.2 Å². The molecular formula is C11H24N2O4S. The van der Waals surface area contributed by atoms with Crippen molar-refractivity contribution in [3.63, 3.8) is 0 Å². The highest BCUT2D eigenvalue weighted by Gasteiger charge is 2.12. The van der Waals surface area contributed by atoms with Gasteiger partial charge in [0.05, 0.1) is 0 Å². The Morgan fingerprint density at radius 2 is 1.56 bits per heavy atom. The minimum absolute atomic E-state index is 0.357. The van der Waals surface area contributed by atoms with E-state index in [0.717, 1.165) is 5.75 Å². The Hall–Kier alpha value is -0.790. The Morgan fingerprint density at radius 1 is 1.11 bits per heavy atom. The van der Waals surface area contributed by atoms with Gasteiger partial charge in [0.1, 0.15) is 12.1 Å². The largest absolute Gasteiger partial charge is 0.480 e. The van der Waals surface area contributed by atoms with E-state index in [1.165, 1.54) is 0 Å². The van der Waals surface area contributed by atoms with Gasteiger partial charge in [0.25, 0.3) is 0 Å². The first-order valence-electron chi connectivity index (χ1n) is 5.68. The summed E-state index contributed by atoms with van der Waals surface area (Å²) in [5.74, 6) is -0.656. The predicted molar refractivity (Wildman–Crippen MR) is 73.7 cm³/mol. The first-order chi connectivity index (χ1) is 8.22. The summed E-state index contributed by atoms with van der Waals surface area (Å²) in [4.78, 5) is 20.2. The molecule has 7 heteroatoms. The smallest absolute Gasteiger partial charge is 0.320 e. The van der Waals surface area contributed by atoms with Crippen molar-refractivity contribution in [2.45, 2.75) is 38.8 Å². The van der Waals surface area contributed by atoms with Gasteiger partial charge in [-0.2, -0.15) is 11.8 Å². The van der Waals surface area contributed by atoms with Crippen molar-refractivity contribution < 1.29 is 19.8 Å². The number of thioether (sulfide) groups is 1. The molecule has 0 amide bonds. The van der Waals surface area contributed by atoms with Crippen molar-refractivity contribution in [3.8, 4) is 0 Å². The fourth-order valence-corrected chi connectivity index (χ4v) is 1.47. The number of hydrogen-bond acceptors (Lipinski definition) is 5. The van der Waals surface area contributed by atoms with Crippen LogP contribution in [0.25, 0.3) is 0 Å². The Bertz CT molecular complexity index is 249. The molecule has 0 saturated heterocycles. The van der Waals surface area contributed by atoms with E-state index in [9.17, 15) is 9.59 Å². The van der Waals surface area contributed by atoms with Crippen LogP contribution in [0.15, 0.2) is 0 Å². The van der Waals surface area contributed by atoms with Crippen LogP contribution in [-0.2, 0) is 9.59 Å². The molecule has 0 radical (unpaired) electrons. The summed E-state index contributed by atoms with van der Waals surface area (Å²) in [6.45, 7) is 3.89. The summed E-state index contributed by atoms with van der Waals surface area (Å²) in [5, 5.41) is 16.6. The van der Waals surface area contributed by atoms with Crippen LogP contribution in [0.5, 0.6) is 0 Å².